The fourth-order valence-corrected chi connectivity index (χ4v) is 4.26. The predicted octanol–water partition coefficient (Wildman–Crippen LogP) is 4.55. The Hall–Kier alpha value is -2.22. The van der Waals surface area contributed by atoms with Gasteiger partial charge in [-0.25, -0.2) is 0 Å². The molecule has 0 N–H and O–H groups in total. The zero-order chi connectivity index (χ0) is 20.0. The molecule has 28 heavy (non-hydrogen) atoms. The summed E-state index contributed by atoms with van der Waals surface area (Å²) < 4.78 is 5.93. The number of ether oxygens (including phenoxy) is 1. The van der Waals surface area contributed by atoms with Crippen LogP contribution in [-0.2, 0) is 16.7 Å². The third kappa shape index (κ3) is 4.43. The topological polar surface area (TPSA) is 49.1 Å². The van der Waals surface area contributed by atoms with Crippen molar-refractivity contribution in [3.8, 4) is 6.07 Å². The van der Waals surface area contributed by atoms with Gasteiger partial charge in [0, 0.05) is 24.8 Å². The number of rotatable bonds is 8. The van der Waals surface area contributed by atoms with Crippen LogP contribution in [0.5, 0.6) is 0 Å². The molecule has 0 spiro atoms. The van der Waals surface area contributed by atoms with E-state index in [9.17, 15) is 5.26 Å². The summed E-state index contributed by atoms with van der Waals surface area (Å²) in [6, 6.07) is 16.4. The van der Waals surface area contributed by atoms with Gasteiger partial charge < -0.3 is 4.74 Å². The molecule has 0 saturated carbocycles. The van der Waals surface area contributed by atoms with E-state index in [2.05, 4.69) is 54.9 Å². The Bertz CT molecular complexity index is 812. The number of nitrogens with zero attached hydrogens (tertiary/aromatic N) is 3. The number of hydrogen-bond acceptors (Lipinski definition) is 4. The normalized spacial score (nSPS) is 20.2. The van der Waals surface area contributed by atoms with E-state index >= 15 is 0 Å². The number of benzene rings is 1. The van der Waals surface area contributed by atoms with Crippen LogP contribution in [0.15, 0.2) is 48.7 Å². The third-order valence-electron chi connectivity index (χ3n) is 6.20. The molecule has 0 amide bonds. The number of aromatic nitrogens is 1. The number of hydrogen-bond donors (Lipinski definition) is 0. The van der Waals surface area contributed by atoms with Gasteiger partial charge in [0.1, 0.15) is 0 Å². The average Bonchev–Trinajstić information content (AvgIpc) is 3.17. The molecule has 4 heteroatoms. The molecule has 1 aliphatic heterocycles. The molecule has 1 aromatic heterocycles. The standard InChI is InChI=1S/C24H31N3O/c1-4-28-19-24(13-12-20-9-5-6-10-21(20)17-25)14-16-27(18-24)23(2,3)22-11-7-8-15-26-22/h5-11,15H,4,12-14,16,18-19H2,1-3H3/t24-/m1/s1. The lowest BCUT2D eigenvalue weighted by Crippen LogP contribution is -2.43. The van der Waals surface area contributed by atoms with Crippen LogP contribution in [-0.4, -0.2) is 36.2 Å². The van der Waals surface area contributed by atoms with Crippen molar-refractivity contribution in [2.75, 3.05) is 26.3 Å². The fraction of sp³-hybridized carbons (Fsp3) is 0.500. The minimum atomic E-state index is -0.111. The van der Waals surface area contributed by atoms with Crippen molar-refractivity contribution in [3.63, 3.8) is 0 Å². The molecule has 0 unspecified atom stereocenters. The van der Waals surface area contributed by atoms with Crippen LogP contribution in [0.1, 0.15) is 50.4 Å². The fourth-order valence-electron chi connectivity index (χ4n) is 4.26. The predicted molar refractivity (Wildman–Crippen MR) is 112 cm³/mol. The summed E-state index contributed by atoms with van der Waals surface area (Å²) in [6.07, 6.45) is 4.92. The van der Waals surface area contributed by atoms with Gasteiger partial charge in [0.05, 0.1) is 29.5 Å². The highest BCUT2D eigenvalue weighted by Crippen LogP contribution is 2.41. The van der Waals surface area contributed by atoms with Gasteiger partial charge in [-0.2, -0.15) is 5.26 Å². The highest BCUT2D eigenvalue weighted by molar-refractivity contribution is 5.37. The highest BCUT2D eigenvalue weighted by atomic mass is 16.5. The van der Waals surface area contributed by atoms with Crippen LogP contribution >= 0.6 is 0 Å². The molecule has 148 valence electrons. The second-order valence-corrected chi connectivity index (χ2v) is 8.35. The minimum absolute atomic E-state index is 0.111. The first-order valence-corrected chi connectivity index (χ1v) is 10.2. The van der Waals surface area contributed by atoms with Gasteiger partial charge in [-0.05, 0) is 70.3 Å². The molecule has 1 saturated heterocycles. The quantitative estimate of drug-likeness (QED) is 0.677. The van der Waals surface area contributed by atoms with Crippen molar-refractivity contribution >= 4 is 0 Å². The summed E-state index contributed by atoms with van der Waals surface area (Å²) >= 11 is 0. The highest BCUT2D eigenvalue weighted by Gasteiger charge is 2.44. The lowest BCUT2D eigenvalue weighted by atomic mass is 9.81. The molecule has 0 bridgehead atoms. The van der Waals surface area contributed by atoms with Crippen LogP contribution in [0.3, 0.4) is 0 Å². The first-order chi connectivity index (χ1) is 13.5. The minimum Gasteiger partial charge on any atom is -0.381 e. The number of likely N-dealkylation sites (tertiary alicyclic amines) is 1. The number of pyridine rings is 1. The van der Waals surface area contributed by atoms with E-state index in [4.69, 9.17) is 4.74 Å². The molecule has 4 nitrogen and oxygen atoms in total. The van der Waals surface area contributed by atoms with E-state index in [0.29, 0.717) is 0 Å². The summed E-state index contributed by atoms with van der Waals surface area (Å²) in [5.74, 6) is 0. The largest absolute Gasteiger partial charge is 0.381 e. The molecule has 3 rings (SSSR count). The SMILES string of the molecule is CCOC[C@]1(CCc2ccccc2C#N)CCN(C(C)(C)c2ccccn2)C1. The van der Waals surface area contributed by atoms with Crippen molar-refractivity contribution in [3.05, 3.63) is 65.5 Å². The maximum atomic E-state index is 9.40. The molecule has 1 fully saturated rings. The van der Waals surface area contributed by atoms with Gasteiger partial charge in [-0.3, -0.25) is 9.88 Å². The van der Waals surface area contributed by atoms with E-state index in [1.165, 1.54) is 0 Å². The molecule has 2 heterocycles. The molecular formula is C24H31N3O. The maximum absolute atomic E-state index is 9.40. The lowest BCUT2D eigenvalue weighted by molar-refractivity contribution is 0.0379. The van der Waals surface area contributed by atoms with Gasteiger partial charge in [0.15, 0.2) is 0 Å². The summed E-state index contributed by atoms with van der Waals surface area (Å²) in [5, 5.41) is 9.40. The first kappa shape index (κ1) is 20.5. The smallest absolute Gasteiger partial charge is 0.0994 e. The maximum Gasteiger partial charge on any atom is 0.0994 e. The number of aryl methyl sites for hydroxylation is 1. The molecule has 2 aromatic rings. The Morgan fingerprint density at radius 3 is 2.71 bits per heavy atom. The Balaban J connectivity index is 1.76. The van der Waals surface area contributed by atoms with Crippen molar-refractivity contribution < 1.29 is 4.74 Å². The Kier molecular flexibility index (Phi) is 6.49. The van der Waals surface area contributed by atoms with E-state index in [1.807, 2.05) is 30.5 Å². The summed E-state index contributed by atoms with van der Waals surface area (Å²) in [7, 11) is 0. The van der Waals surface area contributed by atoms with Gasteiger partial charge in [-0.1, -0.05) is 24.3 Å². The molecule has 1 aromatic carbocycles. The number of nitriles is 1. The van der Waals surface area contributed by atoms with Crippen LogP contribution in [0.25, 0.3) is 0 Å². The van der Waals surface area contributed by atoms with Crippen LogP contribution < -0.4 is 0 Å². The Morgan fingerprint density at radius 1 is 1.21 bits per heavy atom. The van der Waals surface area contributed by atoms with Gasteiger partial charge >= 0.3 is 0 Å². The third-order valence-corrected chi connectivity index (χ3v) is 6.20. The molecule has 1 atom stereocenters. The van der Waals surface area contributed by atoms with E-state index in [1.54, 1.807) is 0 Å². The van der Waals surface area contributed by atoms with Crippen molar-refractivity contribution in [1.82, 2.24) is 9.88 Å². The Labute approximate surface area is 169 Å². The zero-order valence-electron chi connectivity index (χ0n) is 17.3. The van der Waals surface area contributed by atoms with Crippen molar-refractivity contribution in [1.29, 1.82) is 5.26 Å². The van der Waals surface area contributed by atoms with E-state index < -0.39 is 0 Å². The molecule has 0 aliphatic carbocycles. The van der Waals surface area contributed by atoms with Crippen LogP contribution in [0.4, 0.5) is 0 Å². The average molecular weight is 378 g/mol. The molecule has 0 radical (unpaired) electrons. The lowest BCUT2D eigenvalue weighted by Gasteiger charge is -2.37. The van der Waals surface area contributed by atoms with Crippen molar-refractivity contribution in [2.24, 2.45) is 5.41 Å². The monoisotopic (exact) mass is 377 g/mol. The molecule has 1 aliphatic rings. The van der Waals surface area contributed by atoms with Crippen LogP contribution in [0.2, 0.25) is 0 Å². The zero-order valence-corrected chi connectivity index (χ0v) is 17.3. The van der Waals surface area contributed by atoms with Crippen molar-refractivity contribution in [2.45, 2.75) is 45.6 Å². The molecular weight excluding hydrogens is 346 g/mol. The summed E-state index contributed by atoms with van der Waals surface area (Å²) in [5.41, 5.74) is 3.04. The second-order valence-electron chi connectivity index (χ2n) is 8.35. The van der Waals surface area contributed by atoms with Gasteiger partial charge in [0.25, 0.3) is 0 Å². The Morgan fingerprint density at radius 2 is 2.00 bits per heavy atom. The van der Waals surface area contributed by atoms with E-state index in [-0.39, 0.29) is 11.0 Å². The summed E-state index contributed by atoms with van der Waals surface area (Å²) in [6.45, 7) is 10.1. The van der Waals surface area contributed by atoms with Crippen LogP contribution in [0, 0.1) is 16.7 Å². The summed E-state index contributed by atoms with van der Waals surface area (Å²) in [4.78, 5) is 7.16. The second kappa shape index (κ2) is 8.86. The van der Waals surface area contributed by atoms with E-state index in [0.717, 1.165) is 62.4 Å². The van der Waals surface area contributed by atoms with Gasteiger partial charge in [0.2, 0.25) is 0 Å². The van der Waals surface area contributed by atoms with Gasteiger partial charge in [-0.15, -0.1) is 0 Å². The first-order valence-electron chi connectivity index (χ1n) is 10.2.